The van der Waals surface area contributed by atoms with E-state index in [9.17, 15) is 19.2 Å². The van der Waals surface area contributed by atoms with Crippen molar-refractivity contribution in [3.63, 3.8) is 0 Å². The molecule has 2 atom stereocenters. The number of ether oxygens (including phenoxy) is 4. The van der Waals surface area contributed by atoms with E-state index in [2.05, 4.69) is 24.3 Å². The Morgan fingerprint density at radius 3 is 1.22 bits per heavy atom. The van der Waals surface area contributed by atoms with Crippen LogP contribution in [0.5, 0.6) is 11.5 Å². The number of thioether (sulfide) groups is 2. The number of aliphatic carboxylic acids is 2. The first kappa shape index (κ1) is 44.0. The highest BCUT2D eigenvalue weighted by molar-refractivity contribution is 7.99. The van der Waals surface area contributed by atoms with Gasteiger partial charge in [0.25, 0.3) is 0 Å². The standard InChI is InChI=1S/C51H42O10S2/c52-47(53)27-29-49(56)60-39(33-62-41-11-3-1-4-12-41)31-58-37-23-19-35(20-24-37)51(45-17-9-7-15-43(45)44-16-8-10-18-46(44)51)36-21-25-38(26-22-36)59-32-40(61-50(57)30-28-48(54)55)34-63-42-13-5-2-6-14-42/h1-30,39-40H,31-34H2,(H,52,53)(H,54,55)/b29-27-,30-28-. The van der Waals surface area contributed by atoms with E-state index in [1.165, 1.54) is 23.5 Å². The molecule has 2 N–H and O–H groups in total. The summed E-state index contributed by atoms with van der Waals surface area (Å²) < 4.78 is 23.7. The maximum Gasteiger partial charge on any atom is 0.331 e. The second-order valence-corrected chi connectivity index (χ2v) is 16.4. The SMILES string of the molecule is O=C(O)/C=C\C(=O)OC(COc1ccc(C2(c3ccc(OCC(CSc4ccccc4)OC(=O)/C=C\C(=O)O)cc3)c3ccccc3-c3ccccc32)cc1)CSc1ccccc1. The van der Waals surface area contributed by atoms with E-state index in [-0.39, 0.29) is 13.2 Å². The van der Waals surface area contributed by atoms with Crippen LogP contribution in [-0.4, -0.2) is 71.0 Å². The molecule has 63 heavy (non-hydrogen) atoms. The normalized spacial score (nSPS) is 13.4. The van der Waals surface area contributed by atoms with E-state index < -0.39 is 41.5 Å². The van der Waals surface area contributed by atoms with Gasteiger partial charge >= 0.3 is 23.9 Å². The first-order valence-electron chi connectivity index (χ1n) is 19.9. The second kappa shape index (κ2) is 21.2. The molecule has 1 aliphatic rings. The van der Waals surface area contributed by atoms with E-state index >= 15 is 0 Å². The zero-order valence-electron chi connectivity index (χ0n) is 33.8. The smallest absolute Gasteiger partial charge is 0.331 e. The largest absolute Gasteiger partial charge is 0.490 e. The summed E-state index contributed by atoms with van der Waals surface area (Å²) >= 11 is 2.99. The molecular weight excluding hydrogens is 837 g/mol. The van der Waals surface area contributed by atoms with Crippen LogP contribution in [0.4, 0.5) is 0 Å². The number of carboxylic acids is 2. The molecule has 0 aromatic heterocycles. The first-order chi connectivity index (χ1) is 30.7. The van der Waals surface area contributed by atoms with Crippen LogP contribution in [0, 0.1) is 0 Å². The average molecular weight is 879 g/mol. The van der Waals surface area contributed by atoms with E-state index in [1.807, 2.05) is 133 Å². The number of benzene rings is 6. The van der Waals surface area contributed by atoms with E-state index in [0.29, 0.717) is 23.0 Å². The Bertz CT molecular complexity index is 2400. The molecule has 0 radical (unpaired) electrons. The molecular formula is C51H42O10S2. The predicted molar refractivity (Wildman–Crippen MR) is 242 cm³/mol. The summed E-state index contributed by atoms with van der Waals surface area (Å²) in [7, 11) is 0. The lowest BCUT2D eigenvalue weighted by Gasteiger charge is -2.34. The lowest BCUT2D eigenvalue weighted by atomic mass is 9.68. The molecule has 318 valence electrons. The lowest BCUT2D eigenvalue weighted by Crippen LogP contribution is -2.29. The molecule has 2 unspecified atom stereocenters. The maximum atomic E-state index is 12.5. The van der Waals surface area contributed by atoms with Gasteiger partial charge in [-0.25, -0.2) is 19.2 Å². The minimum atomic E-state index is -1.25. The highest BCUT2D eigenvalue weighted by Crippen LogP contribution is 2.56. The fourth-order valence-corrected chi connectivity index (χ4v) is 9.12. The van der Waals surface area contributed by atoms with Crippen LogP contribution in [0.25, 0.3) is 11.1 Å². The Balaban J connectivity index is 1.13. The van der Waals surface area contributed by atoms with Crippen LogP contribution in [0.15, 0.2) is 192 Å². The molecule has 0 aliphatic heterocycles. The number of hydrogen-bond acceptors (Lipinski definition) is 10. The second-order valence-electron chi connectivity index (χ2n) is 14.2. The molecule has 1 aliphatic carbocycles. The van der Waals surface area contributed by atoms with Gasteiger partial charge < -0.3 is 29.2 Å². The molecule has 0 spiro atoms. The minimum absolute atomic E-state index is 0.0359. The number of carboxylic acid groups (broad SMARTS) is 2. The van der Waals surface area contributed by atoms with Crippen molar-refractivity contribution >= 4 is 47.4 Å². The Hall–Kier alpha value is -7.02. The Kier molecular flexibility index (Phi) is 14.8. The number of fused-ring (bicyclic) bond motifs is 3. The highest BCUT2D eigenvalue weighted by Gasteiger charge is 2.46. The van der Waals surface area contributed by atoms with Crippen molar-refractivity contribution in [2.45, 2.75) is 27.4 Å². The van der Waals surface area contributed by atoms with Crippen molar-refractivity contribution in [2.75, 3.05) is 24.7 Å². The highest BCUT2D eigenvalue weighted by atomic mass is 32.2. The first-order valence-corrected chi connectivity index (χ1v) is 21.9. The molecule has 6 aromatic carbocycles. The number of esters is 2. The summed E-state index contributed by atoms with van der Waals surface area (Å²) in [6, 6.07) is 51.8. The van der Waals surface area contributed by atoms with Gasteiger partial charge in [0, 0.05) is 45.6 Å². The zero-order valence-corrected chi connectivity index (χ0v) is 35.4. The number of rotatable bonds is 20. The summed E-state index contributed by atoms with van der Waals surface area (Å²) in [6.07, 6.45) is 1.90. The summed E-state index contributed by atoms with van der Waals surface area (Å²) in [5.74, 6) is -2.17. The third-order valence-electron chi connectivity index (χ3n) is 10.0. The van der Waals surface area contributed by atoms with Crippen LogP contribution in [0.1, 0.15) is 22.3 Å². The lowest BCUT2D eigenvalue weighted by molar-refractivity contribution is -0.144. The number of carbonyl (C=O) groups excluding carboxylic acids is 2. The summed E-state index contributed by atoms with van der Waals surface area (Å²) in [5.41, 5.74) is 5.68. The van der Waals surface area contributed by atoms with Crippen LogP contribution in [0.3, 0.4) is 0 Å². The average Bonchev–Trinajstić information content (AvgIpc) is 3.61. The predicted octanol–water partition coefficient (Wildman–Crippen LogP) is 9.50. The van der Waals surface area contributed by atoms with Gasteiger partial charge in [-0.2, -0.15) is 0 Å². The molecule has 0 heterocycles. The van der Waals surface area contributed by atoms with Gasteiger partial charge in [0.1, 0.15) is 36.9 Å². The van der Waals surface area contributed by atoms with Gasteiger partial charge in [0.15, 0.2) is 0 Å². The van der Waals surface area contributed by atoms with Crippen LogP contribution in [-0.2, 0) is 34.1 Å². The van der Waals surface area contributed by atoms with Crippen molar-refractivity contribution in [3.8, 4) is 22.6 Å². The molecule has 0 amide bonds. The van der Waals surface area contributed by atoms with Crippen molar-refractivity contribution in [3.05, 3.63) is 204 Å². The van der Waals surface area contributed by atoms with Gasteiger partial charge in [0.2, 0.25) is 0 Å². The van der Waals surface area contributed by atoms with Crippen LogP contribution < -0.4 is 9.47 Å². The summed E-state index contributed by atoms with van der Waals surface area (Å²) in [4.78, 5) is 49.0. The van der Waals surface area contributed by atoms with Crippen LogP contribution >= 0.6 is 23.5 Å². The zero-order chi connectivity index (χ0) is 44.0. The monoisotopic (exact) mass is 878 g/mol. The number of hydrogen-bond donors (Lipinski definition) is 2. The molecule has 0 saturated heterocycles. The van der Waals surface area contributed by atoms with Gasteiger partial charge in [-0.05, 0) is 81.9 Å². The molecule has 0 bridgehead atoms. The fourth-order valence-electron chi connectivity index (χ4n) is 7.33. The number of carbonyl (C=O) groups is 4. The fraction of sp³-hybridized carbons (Fsp3) is 0.137. The van der Waals surface area contributed by atoms with Crippen molar-refractivity contribution in [1.29, 1.82) is 0 Å². The van der Waals surface area contributed by atoms with E-state index in [4.69, 9.17) is 29.2 Å². The molecule has 7 rings (SSSR count). The Morgan fingerprint density at radius 1 is 0.476 bits per heavy atom. The van der Waals surface area contributed by atoms with Crippen LogP contribution in [0.2, 0.25) is 0 Å². The Morgan fingerprint density at radius 2 is 0.841 bits per heavy atom. The maximum absolute atomic E-state index is 12.5. The minimum Gasteiger partial charge on any atom is -0.490 e. The molecule has 0 fully saturated rings. The van der Waals surface area contributed by atoms with Crippen molar-refractivity contribution < 1.29 is 48.3 Å². The summed E-state index contributed by atoms with van der Waals surface area (Å²) in [6.45, 7) is 0.0717. The van der Waals surface area contributed by atoms with Crippen molar-refractivity contribution in [2.24, 2.45) is 0 Å². The van der Waals surface area contributed by atoms with Gasteiger partial charge in [-0.1, -0.05) is 109 Å². The molecule has 0 saturated carbocycles. The van der Waals surface area contributed by atoms with E-state index in [0.717, 1.165) is 67.5 Å². The van der Waals surface area contributed by atoms with Gasteiger partial charge in [0.05, 0.1) is 5.41 Å². The van der Waals surface area contributed by atoms with Gasteiger partial charge in [-0.15, -0.1) is 23.5 Å². The third-order valence-corrected chi connectivity index (χ3v) is 12.3. The van der Waals surface area contributed by atoms with Gasteiger partial charge in [-0.3, -0.25) is 0 Å². The quantitative estimate of drug-likeness (QED) is 0.0427. The molecule has 6 aromatic rings. The third kappa shape index (κ3) is 11.3. The Labute approximate surface area is 373 Å². The topological polar surface area (TPSA) is 146 Å². The molecule has 12 heteroatoms. The summed E-state index contributed by atoms with van der Waals surface area (Å²) in [5, 5.41) is 18.0. The molecule has 10 nitrogen and oxygen atoms in total. The van der Waals surface area contributed by atoms with E-state index in [1.54, 1.807) is 0 Å². The van der Waals surface area contributed by atoms with Crippen molar-refractivity contribution in [1.82, 2.24) is 0 Å².